The van der Waals surface area contributed by atoms with E-state index in [1.54, 1.807) is 0 Å². The van der Waals surface area contributed by atoms with Gasteiger partial charge in [-0.3, -0.25) is 4.55 Å². The van der Waals surface area contributed by atoms with Crippen molar-refractivity contribution in [3.63, 3.8) is 0 Å². The molecule has 0 unspecified atom stereocenters. The van der Waals surface area contributed by atoms with E-state index in [9.17, 15) is 18.0 Å². The fourth-order valence-corrected chi connectivity index (χ4v) is 2.14. The Bertz CT molecular complexity index is 641. The number of carbonyl (C=O) groups is 2. The summed E-state index contributed by atoms with van der Waals surface area (Å²) in [4.78, 5) is 23.2. The molecule has 0 aromatic heterocycles. The third-order valence-electron chi connectivity index (χ3n) is 2.72. The molecular formula is C14H18O9S. The van der Waals surface area contributed by atoms with Crippen molar-refractivity contribution < 1.29 is 41.5 Å². The topological polar surface area (TPSA) is 125 Å². The van der Waals surface area contributed by atoms with E-state index in [4.69, 9.17) is 23.5 Å². The summed E-state index contributed by atoms with van der Waals surface area (Å²) >= 11 is 0. The third-order valence-corrected chi connectivity index (χ3v) is 3.55. The Balaban J connectivity index is 3.08. The van der Waals surface area contributed by atoms with Gasteiger partial charge in [0.2, 0.25) is 0 Å². The summed E-state index contributed by atoms with van der Waals surface area (Å²) in [6.45, 7) is 0.184. The van der Waals surface area contributed by atoms with E-state index in [2.05, 4.69) is 0 Å². The molecule has 134 valence electrons. The van der Waals surface area contributed by atoms with Crippen molar-refractivity contribution in [2.24, 2.45) is 0 Å². The Morgan fingerprint density at radius 1 is 0.875 bits per heavy atom. The summed E-state index contributed by atoms with van der Waals surface area (Å²) in [6, 6.07) is 2.91. The lowest BCUT2D eigenvalue weighted by atomic mass is 10.1. The zero-order valence-corrected chi connectivity index (χ0v) is 14.0. The lowest BCUT2D eigenvalue weighted by Crippen LogP contribution is -2.14. The molecular weight excluding hydrogens is 344 g/mol. The SMILES string of the molecule is COCCOC(=O)c1cc(C(=O)OCCOC)cc(S(=O)(=O)O)c1. The number of methoxy groups -OCH3 is 2. The van der Waals surface area contributed by atoms with Gasteiger partial charge >= 0.3 is 11.9 Å². The number of ether oxygens (including phenoxy) is 4. The van der Waals surface area contributed by atoms with Crippen molar-refractivity contribution in [1.29, 1.82) is 0 Å². The molecule has 0 aliphatic heterocycles. The second-order valence-corrected chi connectivity index (χ2v) is 5.90. The molecule has 0 amide bonds. The minimum atomic E-state index is -4.63. The van der Waals surface area contributed by atoms with Crippen LogP contribution in [0.25, 0.3) is 0 Å². The molecule has 1 N–H and O–H groups in total. The van der Waals surface area contributed by atoms with Crippen LogP contribution >= 0.6 is 0 Å². The molecule has 0 heterocycles. The highest BCUT2D eigenvalue weighted by molar-refractivity contribution is 7.85. The van der Waals surface area contributed by atoms with Crippen LogP contribution in [0, 0.1) is 0 Å². The van der Waals surface area contributed by atoms with Crippen LogP contribution in [0.15, 0.2) is 23.1 Å². The van der Waals surface area contributed by atoms with Gasteiger partial charge in [-0.2, -0.15) is 8.42 Å². The van der Waals surface area contributed by atoms with Crippen molar-refractivity contribution in [1.82, 2.24) is 0 Å². The van der Waals surface area contributed by atoms with Crippen LogP contribution in [-0.4, -0.2) is 65.6 Å². The molecule has 1 aromatic rings. The normalized spacial score (nSPS) is 11.1. The van der Waals surface area contributed by atoms with Gasteiger partial charge in [-0.25, -0.2) is 9.59 Å². The Morgan fingerprint density at radius 3 is 1.62 bits per heavy atom. The standard InChI is InChI=1S/C14H18O9S/c1-20-3-5-22-13(15)10-7-11(14(16)23-6-4-21-2)9-12(8-10)24(17,18)19/h7-9H,3-6H2,1-2H3,(H,17,18,19). The summed E-state index contributed by atoms with van der Waals surface area (Å²) < 4.78 is 50.9. The van der Waals surface area contributed by atoms with E-state index >= 15 is 0 Å². The predicted molar refractivity (Wildman–Crippen MR) is 80.6 cm³/mol. The molecule has 0 saturated heterocycles. The molecule has 9 nitrogen and oxygen atoms in total. The van der Waals surface area contributed by atoms with Gasteiger partial charge in [-0.15, -0.1) is 0 Å². The molecule has 24 heavy (non-hydrogen) atoms. The number of hydrogen-bond donors (Lipinski definition) is 1. The summed E-state index contributed by atoms with van der Waals surface area (Å²) in [5.74, 6) is -1.74. The quantitative estimate of drug-likeness (QED) is 0.380. The highest BCUT2D eigenvalue weighted by Crippen LogP contribution is 2.17. The molecule has 1 aromatic carbocycles. The first-order valence-electron chi connectivity index (χ1n) is 6.74. The maximum atomic E-state index is 11.9. The molecule has 10 heteroatoms. The fraction of sp³-hybridized carbons (Fsp3) is 0.429. The molecule has 1 rings (SSSR count). The first-order valence-corrected chi connectivity index (χ1v) is 8.18. The predicted octanol–water partition coefficient (Wildman–Crippen LogP) is 0.540. The minimum absolute atomic E-state index is 0.0565. The van der Waals surface area contributed by atoms with Crippen LogP contribution in [0.5, 0.6) is 0 Å². The van der Waals surface area contributed by atoms with Gasteiger partial charge in [0.15, 0.2) is 0 Å². The van der Waals surface area contributed by atoms with Crippen molar-refractivity contribution >= 4 is 22.1 Å². The van der Waals surface area contributed by atoms with Gasteiger partial charge in [-0.05, 0) is 18.2 Å². The average molecular weight is 362 g/mol. The molecule has 0 aliphatic rings. The maximum absolute atomic E-state index is 11.9. The van der Waals surface area contributed by atoms with Crippen molar-refractivity contribution in [2.45, 2.75) is 4.90 Å². The molecule has 0 atom stereocenters. The van der Waals surface area contributed by atoms with Crippen molar-refractivity contribution in [3.05, 3.63) is 29.3 Å². The second kappa shape index (κ2) is 9.33. The first-order chi connectivity index (χ1) is 11.3. The maximum Gasteiger partial charge on any atom is 0.338 e. The molecule has 0 bridgehead atoms. The Labute approximate surface area is 139 Å². The van der Waals surface area contributed by atoms with Crippen molar-refractivity contribution in [2.75, 3.05) is 40.6 Å². The Hall–Kier alpha value is -2.01. The van der Waals surface area contributed by atoms with Crippen LogP contribution in [0.1, 0.15) is 20.7 Å². The summed E-state index contributed by atoms with van der Waals surface area (Å²) in [5, 5.41) is 0. The van der Waals surface area contributed by atoms with Gasteiger partial charge in [-0.1, -0.05) is 0 Å². The third kappa shape index (κ3) is 6.24. The van der Waals surface area contributed by atoms with Gasteiger partial charge in [0.25, 0.3) is 10.1 Å². The summed E-state index contributed by atoms with van der Waals surface area (Å²) in [5.41, 5.74) is -0.445. The number of rotatable bonds is 9. The second-order valence-electron chi connectivity index (χ2n) is 4.48. The number of esters is 2. The van der Waals surface area contributed by atoms with Crippen LogP contribution in [0.4, 0.5) is 0 Å². The lowest BCUT2D eigenvalue weighted by Gasteiger charge is -2.09. The van der Waals surface area contributed by atoms with E-state index in [0.29, 0.717) is 0 Å². The molecule has 0 aliphatic carbocycles. The van der Waals surface area contributed by atoms with Crippen LogP contribution in [0.3, 0.4) is 0 Å². The van der Waals surface area contributed by atoms with Crippen LogP contribution in [0.2, 0.25) is 0 Å². The van der Waals surface area contributed by atoms with Crippen LogP contribution < -0.4 is 0 Å². The van der Waals surface area contributed by atoms with Gasteiger partial charge in [0.05, 0.1) is 29.2 Å². The first kappa shape index (κ1) is 20.0. The number of benzene rings is 1. The van der Waals surface area contributed by atoms with Gasteiger partial charge in [0, 0.05) is 14.2 Å². The largest absolute Gasteiger partial charge is 0.460 e. The Kier molecular flexibility index (Phi) is 7.79. The number of carbonyl (C=O) groups excluding carboxylic acids is 2. The van der Waals surface area contributed by atoms with E-state index < -0.39 is 27.0 Å². The molecule has 0 spiro atoms. The zero-order valence-electron chi connectivity index (χ0n) is 13.2. The number of hydrogen-bond acceptors (Lipinski definition) is 8. The summed E-state index contributed by atoms with van der Waals surface area (Å²) in [6.07, 6.45) is 0. The monoisotopic (exact) mass is 362 g/mol. The molecule has 0 radical (unpaired) electrons. The summed E-state index contributed by atoms with van der Waals surface area (Å²) in [7, 11) is -1.79. The van der Waals surface area contributed by atoms with E-state index in [1.165, 1.54) is 14.2 Å². The van der Waals surface area contributed by atoms with E-state index in [1.807, 2.05) is 0 Å². The van der Waals surface area contributed by atoms with E-state index in [0.717, 1.165) is 18.2 Å². The molecule has 0 saturated carbocycles. The highest BCUT2D eigenvalue weighted by atomic mass is 32.2. The van der Waals surface area contributed by atoms with E-state index in [-0.39, 0.29) is 37.6 Å². The lowest BCUT2D eigenvalue weighted by molar-refractivity contribution is 0.0384. The van der Waals surface area contributed by atoms with Gasteiger partial charge in [0.1, 0.15) is 13.2 Å². The van der Waals surface area contributed by atoms with Crippen LogP contribution in [-0.2, 0) is 29.1 Å². The highest BCUT2D eigenvalue weighted by Gasteiger charge is 2.20. The Morgan fingerprint density at radius 2 is 1.29 bits per heavy atom. The van der Waals surface area contributed by atoms with Gasteiger partial charge < -0.3 is 18.9 Å². The van der Waals surface area contributed by atoms with Crippen molar-refractivity contribution in [3.8, 4) is 0 Å². The fourth-order valence-electron chi connectivity index (χ4n) is 1.59. The molecule has 0 fully saturated rings. The average Bonchev–Trinajstić information content (AvgIpc) is 2.53. The minimum Gasteiger partial charge on any atom is -0.460 e. The smallest absolute Gasteiger partial charge is 0.338 e. The zero-order chi connectivity index (χ0) is 18.2.